The van der Waals surface area contributed by atoms with Crippen LogP contribution in [0, 0.1) is 5.41 Å². The molecular formula is C13H24ClNO. The molecule has 1 atom stereocenters. The lowest BCUT2D eigenvalue weighted by molar-refractivity contribution is -0.141. The highest BCUT2D eigenvalue weighted by molar-refractivity contribution is 6.19. The topological polar surface area (TPSA) is 20.3 Å². The molecule has 0 aromatic rings. The Morgan fingerprint density at radius 3 is 2.62 bits per heavy atom. The molecule has 1 amide bonds. The third kappa shape index (κ3) is 3.13. The third-order valence-electron chi connectivity index (χ3n) is 3.52. The first-order chi connectivity index (χ1) is 7.53. The Labute approximate surface area is 104 Å². The third-order valence-corrected chi connectivity index (χ3v) is 4.19. The van der Waals surface area contributed by atoms with E-state index in [4.69, 9.17) is 11.6 Å². The summed E-state index contributed by atoms with van der Waals surface area (Å²) in [5.41, 5.74) is -0.417. The summed E-state index contributed by atoms with van der Waals surface area (Å²) in [5, 5.41) is 0. The van der Waals surface area contributed by atoms with Gasteiger partial charge in [-0.2, -0.15) is 0 Å². The van der Waals surface area contributed by atoms with E-state index in [1.165, 1.54) is 12.8 Å². The van der Waals surface area contributed by atoms with Gasteiger partial charge in [0, 0.05) is 18.5 Å². The summed E-state index contributed by atoms with van der Waals surface area (Å²) in [5.74, 6) is 0.634. The van der Waals surface area contributed by atoms with Gasteiger partial charge in [0.15, 0.2) is 0 Å². The molecule has 0 radical (unpaired) electrons. The Morgan fingerprint density at radius 1 is 1.38 bits per heavy atom. The van der Waals surface area contributed by atoms with Crippen LogP contribution in [0.15, 0.2) is 0 Å². The normalized spacial score (nSPS) is 23.0. The molecule has 1 rings (SSSR count). The molecule has 3 heteroatoms. The van der Waals surface area contributed by atoms with Gasteiger partial charge in [-0.25, -0.2) is 0 Å². The van der Waals surface area contributed by atoms with Gasteiger partial charge in [-0.3, -0.25) is 4.79 Å². The predicted octanol–water partition coefficient (Wildman–Crippen LogP) is 3.43. The minimum absolute atomic E-state index is 0.233. The van der Waals surface area contributed by atoms with E-state index in [9.17, 15) is 4.79 Å². The molecule has 1 saturated heterocycles. The van der Waals surface area contributed by atoms with Gasteiger partial charge < -0.3 is 4.90 Å². The van der Waals surface area contributed by atoms with Crippen LogP contribution in [0.5, 0.6) is 0 Å². The molecule has 2 nitrogen and oxygen atoms in total. The molecule has 1 unspecified atom stereocenters. The first-order valence-electron chi connectivity index (χ1n) is 6.40. The molecule has 0 bridgehead atoms. The fourth-order valence-corrected chi connectivity index (χ4v) is 2.43. The molecular weight excluding hydrogens is 222 g/mol. The number of rotatable bonds is 3. The Balaban J connectivity index is 2.77. The molecule has 1 heterocycles. The number of nitrogens with zero attached hydrogens (tertiary/aromatic N) is 1. The Bertz CT molecular complexity index is 240. The van der Waals surface area contributed by atoms with Crippen LogP contribution in [0.25, 0.3) is 0 Å². The van der Waals surface area contributed by atoms with Crippen molar-refractivity contribution in [3.05, 3.63) is 0 Å². The zero-order valence-electron chi connectivity index (χ0n) is 10.8. The molecule has 0 aliphatic carbocycles. The van der Waals surface area contributed by atoms with Gasteiger partial charge in [0.25, 0.3) is 0 Å². The monoisotopic (exact) mass is 245 g/mol. The largest absolute Gasteiger partial charge is 0.339 e. The van der Waals surface area contributed by atoms with Gasteiger partial charge in [0.2, 0.25) is 5.91 Å². The molecule has 0 N–H and O–H groups in total. The second-order valence-electron chi connectivity index (χ2n) is 5.43. The van der Waals surface area contributed by atoms with Gasteiger partial charge in [-0.1, -0.05) is 19.8 Å². The molecule has 16 heavy (non-hydrogen) atoms. The summed E-state index contributed by atoms with van der Waals surface area (Å²) < 4.78 is 0. The number of hydrogen-bond donors (Lipinski definition) is 0. The second-order valence-corrected chi connectivity index (χ2v) is 5.69. The first kappa shape index (κ1) is 13.8. The van der Waals surface area contributed by atoms with Crippen LogP contribution in [0.1, 0.15) is 52.9 Å². The van der Waals surface area contributed by atoms with Crippen molar-refractivity contribution in [2.24, 2.45) is 5.41 Å². The Hall–Kier alpha value is -0.240. The lowest BCUT2D eigenvalue weighted by atomic mass is 9.93. The summed E-state index contributed by atoms with van der Waals surface area (Å²) >= 11 is 5.89. The second kappa shape index (κ2) is 5.90. The SMILES string of the molecule is CCC1CCCCCN1C(=O)C(C)(C)CCl. The molecule has 0 saturated carbocycles. The molecule has 1 fully saturated rings. The van der Waals surface area contributed by atoms with Gasteiger partial charge in [0.1, 0.15) is 0 Å². The van der Waals surface area contributed by atoms with Gasteiger partial charge in [0.05, 0.1) is 5.41 Å². The van der Waals surface area contributed by atoms with Crippen LogP contribution < -0.4 is 0 Å². The zero-order valence-corrected chi connectivity index (χ0v) is 11.5. The Morgan fingerprint density at radius 2 is 2.06 bits per heavy atom. The number of likely N-dealkylation sites (tertiary alicyclic amines) is 1. The highest BCUT2D eigenvalue weighted by Gasteiger charge is 2.34. The maximum Gasteiger partial charge on any atom is 0.229 e. The van der Waals surface area contributed by atoms with E-state index in [1.807, 2.05) is 13.8 Å². The fourth-order valence-electron chi connectivity index (χ4n) is 2.32. The zero-order chi connectivity index (χ0) is 12.2. The number of carbonyl (C=O) groups is 1. The summed E-state index contributed by atoms with van der Waals surface area (Å²) in [6.07, 6.45) is 5.86. The molecule has 1 aliphatic heterocycles. The summed E-state index contributed by atoms with van der Waals surface area (Å²) in [7, 11) is 0. The van der Waals surface area contributed by atoms with Crippen LogP contribution in [0.4, 0.5) is 0 Å². The number of alkyl halides is 1. The van der Waals surface area contributed by atoms with E-state index < -0.39 is 5.41 Å². The van der Waals surface area contributed by atoms with Crippen molar-refractivity contribution in [1.29, 1.82) is 0 Å². The fraction of sp³-hybridized carbons (Fsp3) is 0.923. The average Bonchev–Trinajstić information content (AvgIpc) is 2.52. The lowest BCUT2D eigenvalue weighted by Crippen LogP contribution is -2.47. The summed E-state index contributed by atoms with van der Waals surface area (Å²) in [4.78, 5) is 14.5. The van der Waals surface area contributed by atoms with E-state index in [0.29, 0.717) is 11.9 Å². The summed E-state index contributed by atoms with van der Waals surface area (Å²) in [6, 6.07) is 0.428. The maximum absolute atomic E-state index is 12.4. The van der Waals surface area contributed by atoms with Gasteiger partial charge in [-0.15, -0.1) is 11.6 Å². The molecule has 94 valence electrons. The highest BCUT2D eigenvalue weighted by atomic mass is 35.5. The van der Waals surface area contributed by atoms with Crippen molar-refractivity contribution in [1.82, 2.24) is 4.90 Å². The standard InChI is InChI=1S/C13H24ClNO/c1-4-11-8-6-5-7-9-15(11)12(16)13(2,3)10-14/h11H,4-10H2,1-3H3. The lowest BCUT2D eigenvalue weighted by Gasteiger charge is -2.35. The molecule has 0 aromatic carbocycles. The minimum Gasteiger partial charge on any atom is -0.339 e. The van der Waals surface area contributed by atoms with E-state index in [2.05, 4.69) is 11.8 Å². The van der Waals surface area contributed by atoms with Crippen LogP contribution in [0.2, 0.25) is 0 Å². The van der Waals surface area contributed by atoms with Crippen LogP contribution in [0.3, 0.4) is 0 Å². The first-order valence-corrected chi connectivity index (χ1v) is 6.93. The number of halogens is 1. The smallest absolute Gasteiger partial charge is 0.229 e. The highest BCUT2D eigenvalue weighted by Crippen LogP contribution is 2.27. The van der Waals surface area contributed by atoms with Crippen molar-refractivity contribution >= 4 is 17.5 Å². The summed E-state index contributed by atoms with van der Waals surface area (Å²) in [6.45, 7) is 6.97. The van der Waals surface area contributed by atoms with Crippen LogP contribution in [-0.2, 0) is 4.79 Å². The number of amides is 1. The van der Waals surface area contributed by atoms with Crippen molar-refractivity contribution in [2.45, 2.75) is 58.9 Å². The van der Waals surface area contributed by atoms with Crippen LogP contribution in [-0.4, -0.2) is 29.3 Å². The molecule has 0 spiro atoms. The van der Waals surface area contributed by atoms with Crippen molar-refractivity contribution in [2.75, 3.05) is 12.4 Å². The Kier molecular flexibility index (Phi) is 5.10. The molecule has 0 aromatic heterocycles. The van der Waals surface area contributed by atoms with Crippen LogP contribution >= 0.6 is 11.6 Å². The van der Waals surface area contributed by atoms with Gasteiger partial charge in [-0.05, 0) is 33.1 Å². The number of carbonyl (C=O) groups excluding carboxylic acids is 1. The van der Waals surface area contributed by atoms with Gasteiger partial charge >= 0.3 is 0 Å². The van der Waals surface area contributed by atoms with Crippen molar-refractivity contribution in [3.63, 3.8) is 0 Å². The van der Waals surface area contributed by atoms with Crippen molar-refractivity contribution in [3.8, 4) is 0 Å². The number of hydrogen-bond acceptors (Lipinski definition) is 1. The minimum atomic E-state index is -0.417. The average molecular weight is 246 g/mol. The van der Waals surface area contributed by atoms with E-state index in [-0.39, 0.29) is 5.91 Å². The molecule has 1 aliphatic rings. The van der Waals surface area contributed by atoms with E-state index in [0.717, 1.165) is 25.8 Å². The van der Waals surface area contributed by atoms with E-state index >= 15 is 0 Å². The quantitative estimate of drug-likeness (QED) is 0.698. The van der Waals surface area contributed by atoms with Crippen molar-refractivity contribution < 1.29 is 4.79 Å². The van der Waals surface area contributed by atoms with E-state index in [1.54, 1.807) is 0 Å². The predicted molar refractivity (Wildman–Crippen MR) is 68.8 cm³/mol. The maximum atomic E-state index is 12.4.